The van der Waals surface area contributed by atoms with Crippen LogP contribution in [0.4, 0.5) is 5.69 Å². The van der Waals surface area contributed by atoms with Gasteiger partial charge in [0.2, 0.25) is 0 Å². The summed E-state index contributed by atoms with van der Waals surface area (Å²) in [5.41, 5.74) is -0.268. The number of carbonyl (C=O) groups is 1. The molecule has 0 saturated carbocycles. The number of nitrogens with zero attached hydrogens (tertiary/aromatic N) is 1. The molecule has 0 radical (unpaired) electrons. The van der Waals surface area contributed by atoms with Crippen molar-refractivity contribution in [2.45, 2.75) is 32.8 Å². The van der Waals surface area contributed by atoms with E-state index in [-0.39, 0.29) is 12.1 Å². The second kappa shape index (κ2) is 5.64. The van der Waals surface area contributed by atoms with Gasteiger partial charge in [-0.05, 0) is 55.5 Å². The fourth-order valence-electron chi connectivity index (χ4n) is 1.41. The Kier molecular flexibility index (Phi) is 4.66. The SMILES string of the molecule is CC(C)(C)OC(=O)Cc1cc(I)ccc1[N+](=O)[O-]. The summed E-state index contributed by atoms with van der Waals surface area (Å²) >= 11 is 2.05. The van der Waals surface area contributed by atoms with Crippen molar-refractivity contribution in [3.63, 3.8) is 0 Å². The third-order valence-electron chi connectivity index (χ3n) is 1.99. The number of nitro benzene ring substituents is 1. The second-order valence-electron chi connectivity index (χ2n) is 4.79. The first-order valence-electron chi connectivity index (χ1n) is 5.34. The maximum absolute atomic E-state index is 11.7. The van der Waals surface area contributed by atoms with Gasteiger partial charge in [0.05, 0.1) is 11.3 Å². The van der Waals surface area contributed by atoms with E-state index in [1.165, 1.54) is 6.07 Å². The Labute approximate surface area is 119 Å². The number of nitro groups is 1. The topological polar surface area (TPSA) is 69.4 Å². The number of esters is 1. The van der Waals surface area contributed by atoms with Crippen molar-refractivity contribution in [3.05, 3.63) is 37.4 Å². The van der Waals surface area contributed by atoms with E-state index in [0.29, 0.717) is 5.56 Å². The maximum Gasteiger partial charge on any atom is 0.311 e. The van der Waals surface area contributed by atoms with E-state index in [9.17, 15) is 14.9 Å². The van der Waals surface area contributed by atoms with E-state index in [0.717, 1.165) is 3.57 Å². The van der Waals surface area contributed by atoms with E-state index >= 15 is 0 Å². The van der Waals surface area contributed by atoms with Gasteiger partial charge in [0.25, 0.3) is 5.69 Å². The van der Waals surface area contributed by atoms with Crippen LogP contribution in [0, 0.1) is 13.7 Å². The molecule has 1 aromatic rings. The van der Waals surface area contributed by atoms with Gasteiger partial charge in [-0.25, -0.2) is 0 Å². The zero-order chi connectivity index (χ0) is 13.9. The van der Waals surface area contributed by atoms with Crippen molar-refractivity contribution in [2.24, 2.45) is 0 Å². The Morgan fingerprint density at radius 1 is 1.44 bits per heavy atom. The van der Waals surface area contributed by atoms with Crippen LogP contribution in [0.1, 0.15) is 26.3 Å². The lowest BCUT2D eigenvalue weighted by Crippen LogP contribution is -2.25. The molecule has 0 heterocycles. The van der Waals surface area contributed by atoms with Crippen LogP contribution in [0.25, 0.3) is 0 Å². The van der Waals surface area contributed by atoms with Crippen molar-refractivity contribution in [1.82, 2.24) is 0 Å². The molecule has 0 aliphatic carbocycles. The molecule has 6 heteroatoms. The average Bonchev–Trinajstić information content (AvgIpc) is 2.13. The van der Waals surface area contributed by atoms with Gasteiger partial charge in [0, 0.05) is 15.2 Å². The molecular weight excluding hydrogens is 349 g/mol. The summed E-state index contributed by atoms with van der Waals surface area (Å²) in [4.78, 5) is 22.0. The van der Waals surface area contributed by atoms with Gasteiger partial charge in [0.15, 0.2) is 0 Å². The molecule has 0 aliphatic rings. The predicted molar refractivity (Wildman–Crippen MR) is 75.4 cm³/mol. The Bertz CT molecular complexity index is 479. The van der Waals surface area contributed by atoms with Crippen LogP contribution < -0.4 is 0 Å². The maximum atomic E-state index is 11.7. The van der Waals surface area contributed by atoms with E-state index in [2.05, 4.69) is 0 Å². The normalized spacial score (nSPS) is 11.1. The smallest absolute Gasteiger partial charge is 0.311 e. The molecule has 1 rings (SSSR count). The molecule has 0 unspecified atom stereocenters. The van der Waals surface area contributed by atoms with Gasteiger partial charge in [0.1, 0.15) is 5.60 Å². The number of hydrogen-bond donors (Lipinski definition) is 0. The lowest BCUT2D eigenvalue weighted by molar-refractivity contribution is -0.385. The molecule has 98 valence electrons. The molecule has 5 nitrogen and oxygen atoms in total. The average molecular weight is 363 g/mol. The number of halogens is 1. The van der Waals surface area contributed by atoms with Crippen LogP contribution in [-0.4, -0.2) is 16.5 Å². The minimum Gasteiger partial charge on any atom is -0.460 e. The third kappa shape index (κ3) is 4.59. The van der Waals surface area contributed by atoms with Crippen LogP contribution >= 0.6 is 22.6 Å². The molecular formula is C12H14INO4. The predicted octanol–water partition coefficient (Wildman–Crippen LogP) is 3.08. The monoisotopic (exact) mass is 363 g/mol. The lowest BCUT2D eigenvalue weighted by atomic mass is 10.1. The van der Waals surface area contributed by atoms with Crippen molar-refractivity contribution < 1.29 is 14.5 Å². The van der Waals surface area contributed by atoms with E-state index < -0.39 is 16.5 Å². The number of ether oxygens (including phenoxy) is 1. The number of carbonyl (C=O) groups excluding carboxylic acids is 1. The van der Waals surface area contributed by atoms with Gasteiger partial charge < -0.3 is 4.74 Å². The molecule has 0 fully saturated rings. The van der Waals surface area contributed by atoms with Gasteiger partial charge >= 0.3 is 5.97 Å². The Balaban J connectivity index is 2.93. The van der Waals surface area contributed by atoms with Gasteiger partial charge in [-0.15, -0.1) is 0 Å². The first kappa shape index (κ1) is 14.9. The van der Waals surface area contributed by atoms with Crippen molar-refractivity contribution in [1.29, 1.82) is 0 Å². The van der Waals surface area contributed by atoms with Crippen LogP contribution in [0.5, 0.6) is 0 Å². The quantitative estimate of drug-likeness (QED) is 0.358. The number of rotatable bonds is 3. The lowest BCUT2D eigenvalue weighted by Gasteiger charge is -2.19. The van der Waals surface area contributed by atoms with Gasteiger partial charge in [-0.2, -0.15) is 0 Å². The zero-order valence-corrected chi connectivity index (χ0v) is 12.6. The minimum absolute atomic E-state index is 0.0544. The number of benzene rings is 1. The highest BCUT2D eigenvalue weighted by molar-refractivity contribution is 14.1. The summed E-state index contributed by atoms with van der Waals surface area (Å²) in [6, 6.07) is 4.67. The molecule has 0 amide bonds. The Hall–Kier alpha value is -1.18. The van der Waals surface area contributed by atoms with E-state index in [4.69, 9.17) is 4.74 Å². The molecule has 0 bridgehead atoms. The zero-order valence-electron chi connectivity index (χ0n) is 10.4. The standard InChI is InChI=1S/C12H14INO4/c1-12(2,3)18-11(15)7-8-6-9(13)4-5-10(8)14(16)17/h4-6H,7H2,1-3H3. The van der Waals surface area contributed by atoms with Gasteiger partial charge in [-0.3, -0.25) is 14.9 Å². The summed E-state index contributed by atoms with van der Waals surface area (Å²) in [6.45, 7) is 5.27. The second-order valence-corrected chi connectivity index (χ2v) is 6.04. The molecule has 0 atom stereocenters. The number of hydrogen-bond acceptors (Lipinski definition) is 4. The van der Waals surface area contributed by atoms with E-state index in [1.54, 1.807) is 32.9 Å². The molecule has 0 aliphatic heterocycles. The first-order chi connectivity index (χ1) is 8.19. The van der Waals surface area contributed by atoms with Gasteiger partial charge in [-0.1, -0.05) is 0 Å². The molecule has 0 spiro atoms. The Morgan fingerprint density at radius 2 is 2.06 bits per heavy atom. The summed E-state index contributed by atoms with van der Waals surface area (Å²) < 4.78 is 6.00. The van der Waals surface area contributed by atoms with Crippen molar-refractivity contribution in [2.75, 3.05) is 0 Å². The molecule has 18 heavy (non-hydrogen) atoms. The first-order valence-corrected chi connectivity index (χ1v) is 6.41. The van der Waals surface area contributed by atoms with Crippen molar-refractivity contribution in [3.8, 4) is 0 Å². The van der Waals surface area contributed by atoms with Crippen LogP contribution in [0.3, 0.4) is 0 Å². The molecule has 0 N–H and O–H groups in total. The molecule has 0 aromatic heterocycles. The highest BCUT2D eigenvalue weighted by Gasteiger charge is 2.21. The summed E-state index contributed by atoms with van der Waals surface area (Å²) in [5, 5.41) is 10.9. The Morgan fingerprint density at radius 3 is 2.56 bits per heavy atom. The molecule has 1 aromatic carbocycles. The fraction of sp³-hybridized carbons (Fsp3) is 0.417. The van der Waals surface area contributed by atoms with Crippen LogP contribution in [-0.2, 0) is 16.0 Å². The van der Waals surface area contributed by atoms with Crippen LogP contribution in [0.15, 0.2) is 18.2 Å². The summed E-state index contributed by atoms with van der Waals surface area (Å²) in [7, 11) is 0. The van der Waals surface area contributed by atoms with Crippen LogP contribution in [0.2, 0.25) is 0 Å². The fourth-order valence-corrected chi connectivity index (χ4v) is 1.96. The van der Waals surface area contributed by atoms with E-state index in [1.807, 2.05) is 22.6 Å². The third-order valence-corrected chi connectivity index (χ3v) is 2.66. The highest BCUT2D eigenvalue weighted by atomic mass is 127. The van der Waals surface area contributed by atoms with Crippen molar-refractivity contribution >= 4 is 34.2 Å². The molecule has 0 saturated heterocycles. The minimum atomic E-state index is -0.589. The summed E-state index contributed by atoms with van der Waals surface area (Å²) in [6.07, 6.45) is -0.0928. The largest absolute Gasteiger partial charge is 0.460 e. The highest BCUT2D eigenvalue weighted by Crippen LogP contribution is 2.22. The summed E-state index contributed by atoms with van der Waals surface area (Å²) in [5.74, 6) is -0.465.